The Hall–Kier alpha value is -1.58. The van der Waals surface area contributed by atoms with E-state index in [1.165, 1.54) is 5.56 Å². The highest BCUT2D eigenvalue weighted by Gasteiger charge is 2.04. The molecule has 3 aromatic rings. The van der Waals surface area contributed by atoms with Crippen molar-refractivity contribution >= 4 is 44.1 Å². The Morgan fingerprint density at radius 1 is 1.10 bits per heavy atom. The van der Waals surface area contributed by atoms with E-state index in [1.807, 2.05) is 36.4 Å². The average molecular weight is 348 g/mol. The Labute approximate surface area is 130 Å². The summed E-state index contributed by atoms with van der Waals surface area (Å²) < 4.78 is 1.08. The molecule has 1 N–H and O–H groups in total. The van der Waals surface area contributed by atoms with Gasteiger partial charge in [-0.2, -0.15) is 0 Å². The molecule has 0 aliphatic carbocycles. The molecule has 0 aliphatic heterocycles. The summed E-state index contributed by atoms with van der Waals surface area (Å²) in [5.74, 6) is 0. The maximum atomic E-state index is 6.15. The maximum Gasteiger partial charge on any atom is 0.0934 e. The number of hydrogen-bond donors (Lipinski definition) is 1. The highest BCUT2D eigenvalue weighted by Crippen LogP contribution is 2.26. The van der Waals surface area contributed by atoms with E-state index in [4.69, 9.17) is 11.6 Å². The summed E-state index contributed by atoms with van der Waals surface area (Å²) in [7, 11) is 0. The van der Waals surface area contributed by atoms with Gasteiger partial charge in [0.2, 0.25) is 0 Å². The third kappa shape index (κ3) is 2.94. The van der Waals surface area contributed by atoms with Gasteiger partial charge in [0, 0.05) is 27.6 Å². The number of aromatic nitrogens is 1. The van der Waals surface area contributed by atoms with E-state index in [1.54, 1.807) is 6.20 Å². The van der Waals surface area contributed by atoms with Gasteiger partial charge in [0.1, 0.15) is 0 Å². The molecule has 3 rings (SSSR count). The molecule has 0 aliphatic rings. The van der Waals surface area contributed by atoms with Crippen molar-refractivity contribution < 1.29 is 0 Å². The quantitative estimate of drug-likeness (QED) is 0.699. The molecule has 1 heterocycles. The minimum absolute atomic E-state index is 0.712. The zero-order chi connectivity index (χ0) is 13.9. The number of rotatable bonds is 3. The van der Waals surface area contributed by atoms with Crippen molar-refractivity contribution in [2.24, 2.45) is 0 Å². The predicted molar refractivity (Wildman–Crippen MR) is 88.2 cm³/mol. The van der Waals surface area contributed by atoms with E-state index in [9.17, 15) is 0 Å². The molecule has 4 heteroatoms. The van der Waals surface area contributed by atoms with Crippen molar-refractivity contribution in [3.8, 4) is 0 Å². The van der Waals surface area contributed by atoms with E-state index in [2.05, 4.69) is 38.4 Å². The highest BCUT2D eigenvalue weighted by molar-refractivity contribution is 9.10. The summed E-state index contributed by atoms with van der Waals surface area (Å²) in [6.07, 6.45) is 1.79. The van der Waals surface area contributed by atoms with Gasteiger partial charge < -0.3 is 5.32 Å². The molecule has 0 atom stereocenters. The molecule has 2 nitrogen and oxygen atoms in total. The fraction of sp³-hybridized carbons (Fsp3) is 0.0625. The smallest absolute Gasteiger partial charge is 0.0934 e. The van der Waals surface area contributed by atoms with Crippen LogP contribution in [0.5, 0.6) is 0 Å². The standard InChI is InChI=1S/C16H12BrClN2/c17-13-5-3-11(4-6-13)10-20-15-9-14(18)8-12-2-1-7-19-16(12)15/h1-9,20H,10H2. The molecule has 2 aromatic carbocycles. The molecule has 0 fully saturated rings. The van der Waals surface area contributed by atoms with Gasteiger partial charge >= 0.3 is 0 Å². The summed E-state index contributed by atoms with van der Waals surface area (Å²) in [5.41, 5.74) is 3.10. The third-order valence-electron chi connectivity index (χ3n) is 3.07. The summed E-state index contributed by atoms with van der Waals surface area (Å²) in [6.45, 7) is 0.735. The van der Waals surface area contributed by atoms with Gasteiger partial charge in [-0.05, 0) is 35.9 Å². The SMILES string of the molecule is Clc1cc(NCc2ccc(Br)cc2)c2ncccc2c1. The lowest BCUT2D eigenvalue weighted by atomic mass is 10.1. The summed E-state index contributed by atoms with van der Waals surface area (Å²) in [6, 6.07) is 16.0. The highest BCUT2D eigenvalue weighted by atomic mass is 79.9. The van der Waals surface area contributed by atoms with Crippen molar-refractivity contribution in [1.29, 1.82) is 0 Å². The van der Waals surface area contributed by atoms with E-state index in [0.717, 1.165) is 27.6 Å². The number of anilines is 1. The van der Waals surface area contributed by atoms with Crippen LogP contribution in [0.15, 0.2) is 59.2 Å². The number of nitrogens with one attached hydrogen (secondary N) is 1. The minimum atomic E-state index is 0.712. The third-order valence-corrected chi connectivity index (χ3v) is 3.81. The molecular weight excluding hydrogens is 336 g/mol. The molecule has 20 heavy (non-hydrogen) atoms. The molecular formula is C16H12BrClN2. The van der Waals surface area contributed by atoms with Gasteiger partial charge in [-0.1, -0.05) is 45.7 Å². The largest absolute Gasteiger partial charge is 0.379 e. The Bertz CT molecular complexity index is 741. The van der Waals surface area contributed by atoms with Crippen LogP contribution >= 0.6 is 27.5 Å². The van der Waals surface area contributed by atoms with E-state index in [0.29, 0.717) is 5.02 Å². The van der Waals surface area contributed by atoms with Gasteiger partial charge in [0.05, 0.1) is 11.2 Å². The van der Waals surface area contributed by atoms with Crippen molar-refractivity contribution in [1.82, 2.24) is 4.98 Å². The van der Waals surface area contributed by atoms with Crippen molar-refractivity contribution in [3.63, 3.8) is 0 Å². The Balaban J connectivity index is 1.88. The van der Waals surface area contributed by atoms with Crippen LogP contribution in [-0.4, -0.2) is 4.98 Å². The summed E-state index contributed by atoms with van der Waals surface area (Å²) in [5, 5.41) is 5.15. The molecule has 0 unspecified atom stereocenters. The first-order chi connectivity index (χ1) is 9.72. The molecule has 0 amide bonds. The number of nitrogens with zero attached hydrogens (tertiary/aromatic N) is 1. The number of halogens is 2. The van der Waals surface area contributed by atoms with Crippen molar-refractivity contribution in [3.05, 3.63) is 69.8 Å². The molecule has 0 saturated carbocycles. The second-order valence-corrected chi connectivity index (χ2v) is 5.86. The fourth-order valence-electron chi connectivity index (χ4n) is 2.09. The van der Waals surface area contributed by atoms with Crippen LogP contribution in [-0.2, 0) is 6.54 Å². The van der Waals surface area contributed by atoms with Crippen LogP contribution < -0.4 is 5.32 Å². The predicted octanol–water partition coefficient (Wildman–Crippen LogP) is 5.26. The first kappa shape index (κ1) is 13.4. The molecule has 0 radical (unpaired) electrons. The van der Waals surface area contributed by atoms with E-state index in [-0.39, 0.29) is 0 Å². The molecule has 100 valence electrons. The molecule has 0 saturated heterocycles. The average Bonchev–Trinajstić information content (AvgIpc) is 2.46. The van der Waals surface area contributed by atoms with Gasteiger partial charge in [-0.15, -0.1) is 0 Å². The van der Waals surface area contributed by atoms with Gasteiger partial charge in [-0.25, -0.2) is 0 Å². The van der Waals surface area contributed by atoms with Crippen molar-refractivity contribution in [2.45, 2.75) is 6.54 Å². The number of hydrogen-bond acceptors (Lipinski definition) is 2. The van der Waals surface area contributed by atoms with Crippen LogP contribution in [0.4, 0.5) is 5.69 Å². The van der Waals surface area contributed by atoms with Crippen molar-refractivity contribution in [2.75, 3.05) is 5.32 Å². The van der Waals surface area contributed by atoms with Crippen LogP contribution in [0.1, 0.15) is 5.56 Å². The Morgan fingerprint density at radius 2 is 1.90 bits per heavy atom. The first-order valence-electron chi connectivity index (χ1n) is 6.25. The lowest BCUT2D eigenvalue weighted by Gasteiger charge is -2.10. The van der Waals surface area contributed by atoms with Gasteiger partial charge in [0.15, 0.2) is 0 Å². The molecule has 0 bridgehead atoms. The zero-order valence-electron chi connectivity index (χ0n) is 10.6. The van der Waals surface area contributed by atoms with Crippen LogP contribution in [0.2, 0.25) is 5.02 Å². The maximum absolute atomic E-state index is 6.15. The van der Waals surface area contributed by atoms with Gasteiger partial charge in [-0.3, -0.25) is 4.98 Å². The monoisotopic (exact) mass is 346 g/mol. The number of fused-ring (bicyclic) bond motifs is 1. The van der Waals surface area contributed by atoms with Crippen LogP contribution in [0.3, 0.4) is 0 Å². The molecule has 0 spiro atoms. The second-order valence-electron chi connectivity index (χ2n) is 4.51. The number of pyridine rings is 1. The number of benzene rings is 2. The minimum Gasteiger partial charge on any atom is -0.379 e. The Morgan fingerprint density at radius 3 is 2.70 bits per heavy atom. The summed E-state index contributed by atoms with van der Waals surface area (Å²) >= 11 is 9.59. The summed E-state index contributed by atoms with van der Waals surface area (Å²) in [4.78, 5) is 4.42. The second kappa shape index (κ2) is 5.81. The first-order valence-corrected chi connectivity index (χ1v) is 7.42. The normalized spacial score (nSPS) is 10.7. The molecule has 1 aromatic heterocycles. The van der Waals surface area contributed by atoms with E-state index >= 15 is 0 Å². The fourth-order valence-corrected chi connectivity index (χ4v) is 2.58. The van der Waals surface area contributed by atoms with Crippen LogP contribution in [0, 0.1) is 0 Å². The lowest BCUT2D eigenvalue weighted by molar-refractivity contribution is 1.15. The zero-order valence-corrected chi connectivity index (χ0v) is 12.9. The van der Waals surface area contributed by atoms with Crippen LogP contribution in [0.25, 0.3) is 10.9 Å². The topological polar surface area (TPSA) is 24.9 Å². The Kier molecular flexibility index (Phi) is 3.90. The lowest BCUT2D eigenvalue weighted by Crippen LogP contribution is -2.00. The van der Waals surface area contributed by atoms with E-state index < -0.39 is 0 Å². The van der Waals surface area contributed by atoms with Gasteiger partial charge in [0.25, 0.3) is 0 Å².